The van der Waals surface area contributed by atoms with Crippen molar-refractivity contribution >= 4 is 82.6 Å². The number of ketones is 1. The maximum atomic E-state index is 14.7. The molecule has 0 saturated carbocycles. The lowest BCUT2D eigenvalue weighted by molar-refractivity contribution is -0.137. The first-order valence-corrected chi connectivity index (χ1v) is 33.0. The summed E-state index contributed by atoms with van der Waals surface area (Å²) in [4.78, 5) is 190. The average molecular weight is 1380 g/mol. The Hall–Kier alpha value is -9.31. The predicted octanol–water partition coefficient (Wildman–Crippen LogP) is -3.46. The number of amides is 12. The number of H-pyrrole nitrogens is 1. The van der Waals surface area contributed by atoms with E-state index in [0.717, 1.165) is 0 Å². The fourth-order valence-electron chi connectivity index (χ4n) is 9.98. The van der Waals surface area contributed by atoms with Gasteiger partial charge in [-0.05, 0) is 119 Å². The number of aliphatic hydroxyl groups is 1. The Bertz CT molecular complexity index is 2980. The van der Waals surface area contributed by atoms with E-state index in [4.69, 9.17) is 39.1 Å². The van der Waals surface area contributed by atoms with Crippen LogP contribution in [0.1, 0.15) is 155 Å². The fourth-order valence-corrected chi connectivity index (χ4v) is 9.98. The van der Waals surface area contributed by atoms with Crippen LogP contribution in [0.4, 0.5) is 0 Å². The number of nitrogens with zero attached hydrogens (tertiary/aromatic N) is 2. The summed E-state index contributed by atoms with van der Waals surface area (Å²) in [5.74, 6) is -12.4. The number of nitrogens with two attached hydrogens (primary N) is 6. The lowest BCUT2D eigenvalue weighted by Gasteiger charge is -2.30. The van der Waals surface area contributed by atoms with E-state index in [0.29, 0.717) is 24.3 Å². The van der Waals surface area contributed by atoms with Crippen LogP contribution in [-0.4, -0.2) is 191 Å². The molecular weight excluding hydrogens is 1270 g/mol. The first kappa shape index (κ1) is 84.8. The number of rotatable bonds is 47. The van der Waals surface area contributed by atoms with E-state index in [1.54, 1.807) is 53.7 Å². The lowest BCUT2D eigenvalue weighted by Crippen LogP contribution is -2.61. The predicted molar refractivity (Wildman–Crippen MR) is 363 cm³/mol. The van der Waals surface area contributed by atoms with Crippen molar-refractivity contribution in [1.29, 1.82) is 0 Å². The zero-order valence-corrected chi connectivity index (χ0v) is 58.0. The Morgan fingerprint density at radius 2 is 0.980 bits per heavy atom. The number of aromatic nitrogens is 2. The van der Waals surface area contributed by atoms with Crippen molar-refractivity contribution < 1.29 is 72.2 Å². The highest BCUT2D eigenvalue weighted by molar-refractivity contribution is 6.01. The number of imidazole rings is 1. The molecule has 1 aromatic carbocycles. The Balaban J connectivity index is 2.58. The zero-order chi connectivity index (χ0) is 73.9. The van der Waals surface area contributed by atoms with Crippen LogP contribution in [-0.2, 0) is 64.0 Å². The van der Waals surface area contributed by atoms with Gasteiger partial charge >= 0.3 is 0 Å². The van der Waals surface area contributed by atoms with Crippen LogP contribution in [0.3, 0.4) is 0 Å². The number of hydrogen-bond acceptors (Lipinski definition) is 19. The normalized spacial score (nSPS) is 14.9. The van der Waals surface area contributed by atoms with E-state index in [-0.39, 0.29) is 107 Å². The van der Waals surface area contributed by atoms with Gasteiger partial charge in [0.25, 0.3) is 0 Å². The highest BCUT2D eigenvalue weighted by atomic mass is 16.5. The molecule has 1 heterocycles. The topological polar surface area (TPSA) is 569 Å². The molecule has 34 nitrogen and oxygen atoms in total. The molecule has 0 fully saturated rings. The molecule has 12 amide bonds. The summed E-state index contributed by atoms with van der Waals surface area (Å²) in [6.07, 6.45) is 2.01. The highest BCUT2D eigenvalue weighted by Crippen LogP contribution is 2.18. The highest BCUT2D eigenvalue weighted by Gasteiger charge is 2.38. The number of aromatic amines is 1. The van der Waals surface area contributed by atoms with Crippen molar-refractivity contribution in [2.24, 2.45) is 63.1 Å². The van der Waals surface area contributed by atoms with Crippen LogP contribution in [0, 0.1) is 23.7 Å². The van der Waals surface area contributed by atoms with Crippen LogP contribution < -0.4 is 92.3 Å². The number of aliphatic imine (C=N–C) groups is 1. The molecule has 0 radical (unpaired) electrons. The number of carbonyl (C=O) groups excluding carboxylic acids is 13. The Labute approximate surface area is 571 Å². The second-order valence-corrected chi connectivity index (χ2v) is 25.6. The third kappa shape index (κ3) is 31.3. The Morgan fingerprint density at radius 1 is 0.541 bits per heavy atom. The summed E-state index contributed by atoms with van der Waals surface area (Å²) in [6.45, 7) is 14.7. The largest absolute Gasteiger partial charge is 0.497 e. The van der Waals surface area contributed by atoms with Gasteiger partial charge in [0.1, 0.15) is 66.2 Å². The van der Waals surface area contributed by atoms with E-state index in [1.807, 2.05) is 13.8 Å². The van der Waals surface area contributed by atoms with Gasteiger partial charge in [-0.1, -0.05) is 61.8 Å². The average Bonchev–Trinajstić information content (AvgIpc) is 0.904. The molecule has 0 spiro atoms. The van der Waals surface area contributed by atoms with Crippen LogP contribution in [0.2, 0.25) is 0 Å². The summed E-state index contributed by atoms with van der Waals surface area (Å²) in [6, 6.07) is -9.40. The number of ether oxygens (including phenoxy) is 1. The molecule has 34 heteroatoms. The monoisotopic (exact) mass is 1380 g/mol. The number of methoxy groups -OCH3 is 1. The van der Waals surface area contributed by atoms with Gasteiger partial charge in [0.05, 0.1) is 32.5 Å². The van der Waals surface area contributed by atoms with E-state index < -0.39 is 162 Å². The summed E-state index contributed by atoms with van der Waals surface area (Å²) in [5.41, 5.74) is 34.5. The second-order valence-electron chi connectivity index (χ2n) is 25.6. The molecule has 0 aliphatic heterocycles. The first-order chi connectivity index (χ1) is 46.1. The third-order valence-electron chi connectivity index (χ3n) is 15.6. The number of hydrogen-bond donors (Lipinski definition) is 18. The van der Waals surface area contributed by atoms with Gasteiger partial charge in [-0.15, -0.1) is 0 Å². The van der Waals surface area contributed by atoms with Crippen LogP contribution in [0.15, 0.2) is 41.8 Å². The molecule has 1 aromatic heterocycles. The van der Waals surface area contributed by atoms with Gasteiger partial charge in [0, 0.05) is 36.8 Å². The molecule has 0 aliphatic carbocycles. The number of unbranched alkanes of at least 4 members (excludes halogenated alkanes) is 1. The van der Waals surface area contributed by atoms with Gasteiger partial charge in [-0.3, -0.25) is 67.3 Å². The van der Waals surface area contributed by atoms with Crippen molar-refractivity contribution in [2.45, 2.75) is 212 Å². The van der Waals surface area contributed by atoms with Gasteiger partial charge in [0.15, 0.2) is 11.7 Å². The van der Waals surface area contributed by atoms with E-state index in [9.17, 15) is 67.4 Å². The molecule has 548 valence electrons. The molecule has 0 aliphatic rings. The van der Waals surface area contributed by atoms with Crippen LogP contribution >= 0.6 is 0 Å². The number of benzene rings is 1. The summed E-state index contributed by atoms with van der Waals surface area (Å²) in [5, 5.41) is 36.0. The molecule has 0 unspecified atom stereocenters. The number of primary amides is 2. The smallest absolute Gasteiger partial charge is 0.245 e. The zero-order valence-electron chi connectivity index (χ0n) is 58.0. The van der Waals surface area contributed by atoms with Crippen molar-refractivity contribution in [2.75, 3.05) is 26.8 Å². The van der Waals surface area contributed by atoms with Crippen molar-refractivity contribution in [3.05, 3.63) is 48.0 Å². The van der Waals surface area contributed by atoms with Crippen LogP contribution in [0.25, 0.3) is 0 Å². The number of aliphatic hydroxyl groups excluding tert-OH is 1. The second kappa shape index (κ2) is 43.8. The summed E-state index contributed by atoms with van der Waals surface area (Å²) >= 11 is 0. The maximum Gasteiger partial charge on any atom is 0.245 e. The molecule has 0 saturated heterocycles. The molecular formula is C64H107N19O15. The van der Waals surface area contributed by atoms with Gasteiger partial charge in [0.2, 0.25) is 70.9 Å². The van der Waals surface area contributed by atoms with Crippen molar-refractivity contribution in [3.63, 3.8) is 0 Å². The number of guanidine groups is 1. The van der Waals surface area contributed by atoms with Gasteiger partial charge in [-0.25, -0.2) is 4.98 Å². The molecule has 98 heavy (non-hydrogen) atoms. The van der Waals surface area contributed by atoms with E-state index in [2.05, 4.69) is 68.1 Å². The molecule has 0 bridgehead atoms. The lowest BCUT2D eigenvalue weighted by atomic mass is 9.95. The standard InChI is InChI=1S/C64H107N19O15/c1-11-36(8)52(63(97)77-44(53(68)87)25-33(2)3)83-57(91)43(21-22-50(85)38-17-19-40(98-10)20-18-38)76-58(92)45(26-34(4)5)80-59(93)46(27-35(6)7)79-56(90)41(15-12-13-23-65)74-55(89)42(16-14-24-72-64(69)70)75-61(95)48(29-51(67)86)81-62(96)49(31-84)82-60(94)47(78-54(88)37(9)66)28-39-30-71-32-73-39/h17-20,30,32-37,41-49,52,84H,11-16,21-29,31,65-66H2,1-10H3,(H2,67,86)(H2,68,87)(H,71,73)(H,74,89)(H,75,95)(H,76,92)(H,77,97)(H,78,88)(H,79,90)(H,80,93)(H,81,96)(H,82,94)(H,83,91)(H4,69,70,72)/t36-,37+,41-,42-,43-,44+,45-,46-,47-,48+,49-,52-/m0/s1. The summed E-state index contributed by atoms with van der Waals surface area (Å²) < 4.78 is 5.23. The minimum atomic E-state index is -1.85. The third-order valence-corrected chi connectivity index (χ3v) is 15.6. The van der Waals surface area contributed by atoms with Gasteiger partial charge in [-0.2, -0.15) is 0 Å². The Morgan fingerprint density at radius 3 is 1.44 bits per heavy atom. The van der Waals surface area contributed by atoms with Crippen LogP contribution in [0.5, 0.6) is 5.75 Å². The molecule has 2 rings (SSSR count). The Kier molecular flexibility index (Phi) is 37.9. The van der Waals surface area contributed by atoms with Crippen molar-refractivity contribution in [3.8, 4) is 5.75 Å². The van der Waals surface area contributed by atoms with E-state index >= 15 is 0 Å². The molecule has 2 aromatic rings. The SMILES string of the molecule is CC[C@H](C)[C@H](NC(=O)[C@H](CCC(=O)c1ccc(OC)cc1)NC(=O)[C@H](CC(C)C)NC(=O)[C@H](CC(C)C)NC(=O)[C@H](CCCCN)NC(=O)[C@H](CCCN=C(N)N)NC(=O)[C@@H](CC(N)=O)NC(=O)[C@H](CO)NC(=O)[C@H](Cc1cnc[nH]1)NC(=O)[C@@H](C)N)C(=O)N[C@H](CC(C)C)C(N)=O. The van der Waals surface area contributed by atoms with Crippen molar-refractivity contribution in [1.82, 2.24) is 63.1 Å². The number of Topliss-reactive ketones (excluding diaryl/α,β-unsaturated/α-hetero) is 1. The number of carbonyl (C=O) groups is 13. The quantitative estimate of drug-likeness (QED) is 0.0133. The first-order valence-electron chi connectivity index (χ1n) is 33.0. The van der Waals surface area contributed by atoms with E-state index in [1.165, 1.54) is 38.7 Å². The number of nitrogens with one attached hydrogen (secondary N) is 11. The van der Waals surface area contributed by atoms with Gasteiger partial charge < -0.3 is 102 Å². The minimum absolute atomic E-state index is 0.0123. The molecule has 24 N–H and O–H groups in total. The summed E-state index contributed by atoms with van der Waals surface area (Å²) in [7, 11) is 1.46. The maximum absolute atomic E-state index is 14.7. The minimum Gasteiger partial charge on any atom is -0.497 e. The fraction of sp³-hybridized carbons (Fsp3) is 0.641. The molecule has 12 atom stereocenters.